The largest absolute Gasteiger partial charge is 0.497 e. The first kappa shape index (κ1) is 38.3. The lowest BCUT2D eigenvalue weighted by Crippen LogP contribution is -2.09. The third-order valence-electron chi connectivity index (χ3n) is 7.59. The molecule has 0 bridgehead atoms. The Balaban J connectivity index is 0.000000198. The molecule has 7 heteroatoms. The van der Waals surface area contributed by atoms with Crippen LogP contribution in [0, 0.1) is 34.6 Å². The maximum absolute atomic E-state index is 12.1. The lowest BCUT2D eigenvalue weighted by molar-refractivity contribution is 0.0719. The summed E-state index contributed by atoms with van der Waals surface area (Å²) in [7, 11) is 1.67. The summed E-state index contributed by atoms with van der Waals surface area (Å²) in [5, 5.41) is 0. The number of carbonyl (C=O) groups is 3. The molecule has 0 atom stereocenters. The number of rotatable bonds is 7. The summed E-state index contributed by atoms with van der Waals surface area (Å²) in [6, 6.07) is 43.3. The highest BCUT2D eigenvalue weighted by Gasteiger charge is 2.11. The van der Waals surface area contributed by atoms with Gasteiger partial charge in [-0.2, -0.15) is 0 Å². The van der Waals surface area contributed by atoms with Gasteiger partial charge in [-0.1, -0.05) is 88.5 Å². The van der Waals surface area contributed by atoms with Crippen LogP contribution in [-0.4, -0.2) is 25.0 Å². The maximum atomic E-state index is 12.1. The summed E-state index contributed by atoms with van der Waals surface area (Å²) in [6.07, 6.45) is 0. The highest BCUT2D eigenvalue weighted by molar-refractivity contribution is 5.92. The molecule has 0 fully saturated rings. The molecule has 6 rings (SSSR count). The van der Waals surface area contributed by atoms with Crippen molar-refractivity contribution in [2.24, 2.45) is 0 Å². The number of benzene rings is 6. The average molecular weight is 695 g/mol. The van der Waals surface area contributed by atoms with E-state index >= 15 is 0 Å². The lowest BCUT2D eigenvalue weighted by Gasteiger charge is -2.07. The minimum absolute atomic E-state index is 0.325. The molecular formula is C45H42O7. The van der Waals surface area contributed by atoms with E-state index in [1.165, 1.54) is 5.56 Å². The molecule has 6 aromatic rings. The molecule has 6 aromatic carbocycles. The minimum atomic E-state index is -0.436. The van der Waals surface area contributed by atoms with E-state index in [0.29, 0.717) is 33.9 Å². The van der Waals surface area contributed by atoms with Crippen LogP contribution in [-0.2, 0) is 0 Å². The van der Waals surface area contributed by atoms with Crippen molar-refractivity contribution >= 4 is 17.9 Å². The van der Waals surface area contributed by atoms with Crippen LogP contribution in [0.2, 0.25) is 0 Å². The van der Waals surface area contributed by atoms with E-state index in [1.807, 2.05) is 100 Å². The molecule has 0 aliphatic rings. The van der Waals surface area contributed by atoms with Crippen molar-refractivity contribution in [1.82, 2.24) is 0 Å². The standard InChI is InChI=1S/C22H18O4.C15H14O2.C8H10O/c1-15-3-7-17(8-4-15)21(23)25-19-11-13-20(14-12-19)26-22(24)18-9-5-16(2)6-10-18;1-11-3-7-13(8-4-11)15(16)17-14-9-5-12(2)6-10-14;1-7-3-5-8(9-2)6-4-7/h3-14H,1-2H3;3-10H,1-2H3;3-6H,1-2H3. The van der Waals surface area contributed by atoms with Gasteiger partial charge < -0.3 is 18.9 Å². The van der Waals surface area contributed by atoms with E-state index in [0.717, 1.165) is 28.0 Å². The van der Waals surface area contributed by atoms with Gasteiger partial charge in [0.2, 0.25) is 0 Å². The second-order valence-corrected chi connectivity index (χ2v) is 12.1. The number of carbonyl (C=O) groups excluding carboxylic acids is 3. The molecule has 0 aromatic heterocycles. The van der Waals surface area contributed by atoms with Crippen molar-refractivity contribution in [2.75, 3.05) is 7.11 Å². The average Bonchev–Trinajstić information content (AvgIpc) is 3.15. The second kappa shape index (κ2) is 19.1. The summed E-state index contributed by atoms with van der Waals surface area (Å²) in [4.78, 5) is 36.0. The lowest BCUT2D eigenvalue weighted by atomic mass is 10.1. The van der Waals surface area contributed by atoms with Gasteiger partial charge in [0.1, 0.15) is 23.0 Å². The van der Waals surface area contributed by atoms with Gasteiger partial charge >= 0.3 is 17.9 Å². The van der Waals surface area contributed by atoms with Crippen LogP contribution < -0.4 is 18.9 Å². The number of aryl methyl sites for hydroxylation is 5. The van der Waals surface area contributed by atoms with Crippen molar-refractivity contribution in [2.45, 2.75) is 34.6 Å². The van der Waals surface area contributed by atoms with E-state index in [9.17, 15) is 14.4 Å². The van der Waals surface area contributed by atoms with Gasteiger partial charge in [-0.05, 0) is 120 Å². The van der Waals surface area contributed by atoms with Gasteiger partial charge in [0.15, 0.2) is 0 Å². The van der Waals surface area contributed by atoms with Gasteiger partial charge in [0.05, 0.1) is 23.8 Å². The fourth-order valence-corrected chi connectivity index (χ4v) is 4.42. The Bertz CT molecular complexity index is 1950. The highest BCUT2D eigenvalue weighted by Crippen LogP contribution is 2.20. The molecule has 0 radical (unpaired) electrons. The van der Waals surface area contributed by atoms with Gasteiger partial charge in [0, 0.05) is 0 Å². The minimum Gasteiger partial charge on any atom is -0.497 e. The summed E-state index contributed by atoms with van der Waals surface area (Å²) in [5.74, 6) is 1.05. The van der Waals surface area contributed by atoms with E-state index in [4.69, 9.17) is 18.9 Å². The van der Waals surface area contributed by atoms with E-state index in [-0.39, 0.29) is 5.97 Å². The summed E-state index contributed by atoms with van der Waals surface area (Å²) in [5.41, 5.74) is 7.18. The second-order valence-electron chi connectivity index (χ2n) is 12.1. The Hall–Kier alpha value is -6.47. The van der Waals surface area contributed by atoms with Crippen LogP contribution in [0.1, 0.15) is 58.9 Å². The van der Waals surface area contributed by atoms with Gasteiger partial charge in [-0.15, -0.1) is 0 Å². The Morgan fingerprint density at radius 3 is 0.731 bits per heavy atom. The van der Waals surface area contributed by atoms with Crippen LogP contribution >= 0.6 is 0 Å². The first-order valence-corrected chi connectivity index (χ1v) is 16.6. The zero-order valence-corrected chi connectivity index (χ0v) is 30.2. The zero-order valence-electron chi connectivity index (χ0n) is 30.2. The van der Waals surface area contributed by atoms with Crippen molar-refractivity contribution in [3.8, 4) is 23.0 Å². The van der Waals surface area contributed by atoms with Crippen LogP contribution in [0.5, 0.6) is 23.0 Å². The Kier molecular flexibility index (Phi) is 14.1. The van der Waals surface area contributed by atoms with Crippen molar-refractivity contribution in [3.05, 3.63) is 190 Å². The number of ether oxygens (including phenoxy) is 4. The monoisotopic (exact) mass is 694 g/mol. The van der Waals surface area contributed by atoms with Crippen LogP contribution in [0.15, 0.2) is 146 Å². The summed E-state index contributed by atoms with van der Waals surface area (Å²) in [6.45, 7) is 9.93. The molecule has 0 N–H and O–H groups in total. The summed E-state index contributed by atoms with van der Waals surface area (Å²) < 4.78 is 20.9. The Morgan fingerprint density at radius 2 is 0.500 bits per heavy atom. The molecule has 52 heavy (non-hydrogen) atoms. The maximum Gasteiger partial charge on any atom is 0.343 e. The zero-order chi connectivity index (χ0) is 37.5. The van der Waals surface area contributed by atoms with E-state index in [1.54, 1.807) is 79.9 Å². The Morgan fingerprint density at radius 1 is 0.308 bits per heavy atom. The van der Waals surface area contributed by atoms with Gasteiger partial charge in [-0.25, -0.2) is 14.4 Å². The molecule has 0 saturated carbocycles. The number of methoxy groups -OCH3 is 1. The van der Waals surface area contributed by atoms with Crippen molar-refractivity contribution < 1.29 is 33.3 Å². The molecule has 0 saturated heterocycles. The first-order chi connectivity index (χ1) is 25.0. The molecule has 7 nitrogen and oxygen atoms in total. The number of hydrogen-bond acceptors (Lipinski definition) is 7. The molecular weight excluding hydrogens is 652 g/mol. The van der Waals surface area contributed by atoms with Crippen LogP contribution in [0.4, 0.5) is 0 Å². The number of esters is 3. The van der Waals surface area contributed by atoms with Gasteiger partial charge in [-0.3, -0.25) is 0 Å². The normalized spacial score (nSPS) is 9.96. The quantitative estimate of drug-likeness (QED) is 0.121. The number of hydrogen-bond donors (Lipinski definition) is 0. The third kappa shape index (κ3) is 12.4. The fourth-order valence-electron chi connectivity index (χ4n) is 4.42. The summed E-state index contributed by atoms with van der Waals surface area (Å²) >= 11 is 0. The first-order valence-electron chi connectivity index (χ1n) is 16.6. The fraction of sp³-hybridized carbons (Fsp3) is 0.133. The molecule has 0 aliphatic heterocycles. The van der Waals surface area contributed by atoms with Crippen molar-refractivity contribution in [1.29, 1.82) is 0 Å². The van der Waals surface area contributed by atoms with E-state index in [2.05, 4.69) is 6.92 Å². The van der Waals surface area contributed by atoms with E-state index < -0.39 is 11.9 Å². The molecule has 0 amide bonds. The molecule has 0 aliphatic carbocycles. The highest BCUT2D eigenvalue weighted by atomic mass is 16.5. The predicted octanol–water partition coefficient (Wildman–Crippen LogP) is 10.3. The molecule has 0 heterocycles. The third-order valence-corrected chi connectivity index (χ3v) is 7.59. The predicted molar refractivity (Wildman–Crippen MR) is 204 cm³/mol. The molecule has 0 spiro atoms. The smallest absolute Gasteiger partial charge is 0.343 e. The van der Waals surface area contributed by atoms with Crippen molar-refractivity contribution in [3.63, 3.8) is 0 Å². The van der Waals surface area contributed by atoms with Gasteiger partial charge in [0.25, 0.3) is 0 Å². The topological polar surface area (TPSA) is 88.1 Å². The Labute approximate surface area is 305 Å². The SMILES string of the molecule is COc1ccc(C)cc1.Cc1ccc(C(=O)Oc2ccc(OC(=O)c3ccc(C)cc3)cc2)cc1.Cc1ccc(OC(=O)c2ccc(C)cc2)cc1. The molecule has 264 valence electrons. The van der Waals surface area contributed by atoms with Crippen LogP contribution in [0.3, 0.4) is 0 Å². The molecule has 0 unspecified atom stereocenters. The van der Waals surface area contributed by atoms with Crippen LogP contribution in [0.25, 0.3) is 0 Å².